The Morgan fingerprint density at radius 1 is 1.11 bits per heavy atom. The maximum atomic E-state index is 12.4. The lowest BCUT2D eigenvalue weighted by molar-refractivity contribution is 0.598. The molecule has 2 aromatic carbocycles. The van der Waals surface area contributed by atoms with Gasteiger partial charge in [0.2, 0.25) is 9.84 Å². The van der Waals surface area contributed by atoms with Crippen molar-refractivity contribution in [3.63, 3.8) is 0 Å². The van der Waals surface area contributed by atoms with E-state index in [1.54, 1.807) is 18.2 Å². The lowest BCUT2D eigenvalue weighted by Gasteiger charge is -2.03. The Morgan fingerprint density at radius 2 is 1.89 bits per heavy atom. The molecular formula is C14H11BrO2S. The van der Waals surface area contributed by atoms with Gasteiger partial charge in [-0.3, -0.25) is 0 Å². The Balaban J connectivity index is 2.45. The zero-order valence-corrected chi connectivity index (χ0v) is 12.2. The molecule has 0 unspecified atom stereocenters. The topological polar surface area (TPSA) is 34.1 Å². The van der Waals surface area contributed by atoms with Gasteiger partial charge in [0.15, 0.2) is 0 Å². The predicted molar refractivity (Wildman–Crippen MR) is 74.4 cm³/mol. The van der Waals surface area contributed by atoms with Crippen LogP contribution >= 0.6 is 15.9 Å². The minimum absolute atomic E-state index is 0.403. The highest BCUT2D eigenvalue weighted by Crippen LogP contribution is 2.46. The average molecular weight is 323 g/mol. The minimum Gasteiger partial charge on any atom is -0.218 e. The van der Waals surface area contributed by atoms with Crippen LogP contribution in [0.25, 0.3) is 11.1 Å². The van der Waals surface area contributed by atoms with Crippen molar-refractivity contribution >= 4 is 25.8 Å². The van der Waals surface area contributed by atoms with E-state index in [9.17, 15) is 8.42 Å². The zero-order chi connectivity index (χ0) is 12.9. The number of fused-ring (bicyclic) bond motifs is 3. The van der Waals surface area contributed by atoms with Crippen LogP contribution in [0.4, 0.5) is 0 Å². The first-order chi connectivity index (χ1) is 8.55. The van der Waals surface area contributed by atoms with Gasteiger partial charge in [-0.15, -0.1) is 0 Å². The van der Waals surface area contributed by atoms with E-state index in [0.29, 0.717) is 9.79 Å². The summed E-state index contributed by atoms with van der Waals surface area (Å²) < 4.78 is 25.6. The largest absolute Gasteiger partial charge is 0.218 e. The summed E-state index contributed by atoms with van der Waals surface area (Å²) in [6.45, 7) is 2.06. The molecule has 0 aliphatic carbocycles. The Morgan fingerprint density at radius 3 is 2.61 bits per heavy atom. The molecule has 0 atom stereocenters. The maximum Gasteiger partial charge on any atom is 0.207 e. The third-order valence-corrected chi connectivity index (χ3v) is 5.79. The van der Waals surface area contributed by atoms with Gasteiger partial charge in [0.1, 0.15) is 0 Å². The van der Waals surface area contributed by atoms with Crippen LogP contribution < -0.4 is 0 Å². The lowest BCUT2D eigenvalue weighted by atomic mass is 10.0. The molecule has 1 aliphatic heterocycles. The van der Waals surface area contributed by atoms with E-state index in [1.807, 2.05) is 18.2 Å². The van der Waals surface area contributed by atoms with Gasteiger partial charge in [-0.1, -0.05) is 35.0 Å². The summed E-state index contributed by atoms with van der Waals surface area (Å²) in [6, 6.07) is 10.9. The van der Waals surface area contributed by atoms with Crippen LogP contribution in [-0.2, 0) is 16.3 Å². The van der Waals surface area contributed by atoms with E-state index < -0.39 is 9.84 Å². The van der Waals surface area contributed by atoms with Crippen molar-refractivity contribution in [2.45, 2.75) is 23.1 Å². The van der Waals surface area contributed by atoms with E-state index in [-0.39, 0.29) is 0 Å². The van der Waals surface area contributed by atoms with E-state index in [4.69, 9.17) is 0 Å². The molecule has 0 N–H and O–H groups in total. The maximum absolute atomic E-state index is 12.4. The molecule has 1 aliphatic rings. The highest BCUT2D eigenvalue weighted by molar-refractivity contribution is 9.10. The number of rotatable bonds is 1. The fraction of sp³-hybridized carbons (Fsp3) is 0.143. The molecule has 0 spiro atoms. The van der Waals surface area contributed by atoms with Crippen molar-refractivity contribution in [1.82, 2.24) is 0 Å². The number of halogens is 1. The first kappa shape index (κ1) is 11.9. The summed E-state index contributed by atoms with van der Waals surface area (Å²) in [6.07, 6.45) is 0.896. The van der Waals surface area contributed by atoms with Gasteiger partial charge in [0, 0.05) is 15.6 Å². The van der Waals surface area contributed by atoms with Crippen LogP contribution in [0.15, 0.2) is 50.7 Å². The monoisotopic (exact) mass is 322 g/mol. The molecule has 0 saturated heterocycles. The van der Waals surface area contributed by atoms with Crippen molar-refractivity contribution in [2.75, 3.05) is 0 Å². The Labute approximate surface area is 115 Å². The molecule has 0 saturated carbocycles. The van der Waals surface area contributed by atoms with E-state index in [2.05, 4.69) is 22.9 Å². The summed E-state index contributed by atoms with van der Waals surface area (Å²) in [5.74, 6) is 0. The van der Waals surface area contributed by atoms with Gasteiger partial charge in [-0.25, -0.2) is 8.42 Å². The van der Waals surface area contributed by atoms with Crippen LogP contribution in [0, 0.1) is 0 Å². The van der Waals surface area contributed by atoms with Crippen molar-refractivity contribution < 1.29 is 8.42 Å². The first-order valence-electron chi connectivity index (χ1n) is 5.72. The van der Waals surface area contributed by atoms with Gasteiger partial charge in [-0.2, -0.15) is 0 Å². The van der Waals surface area contributed by atoms with E-state index in [1.165, 1.54) is 0 Å². The third kappa shape index (κ3) is 1.49. The second-order valence-corrected chi connectivity index (χ2v) is 7.04. The lowest BCUT2D eigenvalue weighted by Crippen LogP contribution is -1.96. The van der Waals surface area contributed by atoms with Crippen molar-refractivity contribution in [1.29, 1.82) is 0 Å². The van der Waals surface area contributed by atoms with Gasteiger partial charge in [-0.05, 0) is 36.2 Å². The standard InChI is InChI=1S/C14H11BrO2S/c1-2-9-6-7-12-10(8-9)14-11(15)4-3-5-13(14)18(12,16)17/h3-8H,2H2,1H3. The van der Waals surface area contributed by atoms with Crippen LogP contribution in [0.2, 0.25) is 0 Å². The Hall–Kier alpha value is -1.13. The van der Waals surface area contributed by atoms with E-state index >= 15 is 0 Å². The summed E-state index contributed by atoms with van der Waals surface area (Å²) >= 11 is 3.45. The van der Waals surface area contributed by atoms with Gasteiger partial charge in [0.25, 0.3) is 0 Å². The second kappa shape index (κ2) is 3.93. The second-order valence-electron chi connectivity index (χ2n) is 4.30. The molecule has 2 nitrogen and oxygen atoms in total. The molecule has 3 rings (SSSR count). The number of hydrogen-bond acceptors (Lipinski definition) is 2. The number of hydrogen-bond donors (Lipinski definition) is 0. The molecule has 0 aromatic heterocycles. The average Bonchev–Trinajstić information content (AvgIpc) is 2.59. The van der Waals surface area contributed by atoms with Crippen molar-refractivity contribution in [3.05, 3.63) is 46.4 Å². The summed E-state index contributed by atoms with van der Waals surface area (Å²) in [5.41, 5.74) is 2.76. The molecule has 92 valence electrons. The van der Waals surface area contributed by atoms with Crippen LogP contribution in [0.1, 0.15) is 12.5 Å². The third-order valence-electron chi connectivity index (χ3n) is 3.28. The summed E-state index contributed by atoms with van der Waals surface area (Å²) in [4.78, 5) is 0.821. The molecule has 0 fully saturated rings. The summed E-state index contributed by atoms with van der Waals surface area (Å²) in [7, 11) is -3.34. The van der Waals surface area contributed by atoms with Gasteiger partial charge < -0.3 is 0 Å². The number of benzene rings is 2. The Bertz CT molecular complexity index is 748. The molecule has 1 heterocycles. The number of aryl methyl sites for hydroxylation is 1. The predicted octanol–water partition coefficient (Wildman–Crippen LogP) is 3.82. The van der Waals surface area contributed by atoms with Crippen LogP contribution in [0.3, 0.4) is 0 Å². The molecule has 4 heteroatoms. The Kier molecular flexibility index (Phi) is 2.61. The fourth-order valence-electron chi connectivity index (χ4n) is 2.33. The fourth-order valence-corrected chi connectivity index (χ4v) is 4.73. The van der Waals surface area contributed by atoms with Crippen molar-refractivity contribution in [2.24, 2.45) is 0 Å². The highest BCUT2D eigenvalue weighted by Gasteiger charge is 2.33. The SMILES string of the molecule is CCc1ccc2c(c1)-c1c(Br)cccc1S2(=O)=O. The van der Waals surface area contributed by atoms with Gasteiger partial charge >= 0.3 is 0 Å². The van der Waals surface area contributed by atoms with E-state index in [0.717, 1.165) is 27.6 Å². The van der Waals surface area contributed by atoms with Crippen LogP contribution in [0.5, 0.6) is 0 Å². The molecule has 0 radical (unpaired) electrons. The van der Waals surface area contributed by atoms with Gasteiger partial charge in [0.05, 0.1) is 9.79 Å². The molecule has 2 aromatic rings. The zero-order valence-electron chi connectivity index (χ0n) is 9.77. The quantitative estimate of drug-likeness (QED) is 0.682. The van der Waals surface area contributed by atoms with Crippen LogP contribution in [-0.4, -0.2) is 8.42 Å². The molecular weight excluding hydrogens is 312 g/mol. The minimum atomic E-state index is -3.34. The molecule has 0 amide bonds. The van der Waals surface area contributed by atoms with Crippen molar-refractivity contribution in [3.8, 4) is 11.1 Å². The summed E-state index contributed by atoms with van der Waals surface area (Å²) in [5, 5.41) is 0. The molecule has 0 bridgehead atoms. The molecule has 18 heavy (non-hydrogen) atoms. The normalized spacial score (nSPS) is 15.2. The highest BCUT2D eigenvalue weighted by atomic mass is 79.9. The smallest absolute Gasteiger partial charge is 0.207 e. The first-order valence-corrected chi connectivity index (χ1v) is 8.00. The number of sulfone groups is 1.